The molecule has 0 aromatic carbocycles. The second-order valence-corrected chi connectivity index (χ2v) is 2.38. The molecule has 0 aliphatic heterocycles. The van der Waals surface area contributed by atoms with Crippen molar-refractivity contribution in [3.63, 3.8) is 0 Å². The summed E-state index contributed by atoms with van der Waals surface area (Å²) in [6, 6.07) is 0. The van der Waals surface area contributed by atoms with E-state index in [1.54, 1.807) is 13.2 Å². The van der Waals surface area contributed by atoms with Gasteiger partial charge in [0.15, 0.2) is 0 Å². The zero-order valence-corrected chi connectivity index (χ0v) is 8.12. The van der Waals surface area contributed by atoms with E-state index in [1.165, 1.54) is 6.92 Å². The van der Waals surface area contributed by atoms with Crippen molar-refractivity contribution in [1.29, 1.82) is 0 Å². The van der Waals surface area contributed by atoms with Crippen LogP contribution in [0, 0.1) is 0 Å². The topological polar surface area (TPSA) is 44.8 Å². The van der Waals surface area contributed by atoms with Crippen LogP contribution in [0.2, 0.25) is 0 Å². The van der Waals surface area contributed by atoms with Gasteiger partial charge in [-0.3, -0.25) is 4.79 Å². The molecule has 0 aromatic rings. The Hall–Kier alpha value is -0.870. The third-order valence-electron chi connectivity index (χ3n) is 1.18. The highest BCUT2D eigenvalue weighted by molar-refractivity contribution is 5.65. The number of ether oxygens (including phenoxy) is 3. The van der Waals surface area contributed by atoms with Gasteiger partial charge in [-0.1, -0.05) is 12.2 Å². The first kappa shape index (κ1) is 12.1. The number of hydrogen-bond donors (Lipinski definition) is 0. The number of methoxy groups -OCH3 is 1. The van der Waals surface area contributed by atoms with E-state index in [0.29, 0.717) is 20.0 Å². The lowest BCUT2D eigenvalue weighted by Gasteiger charge is -1.98. The summed E-state index contributed by atoms with van der Waals surface area (Å²) < 4.78 is 14.4. The fraction of sp³-hybridized carbons (Fsp3) is 0.667. The summed E-state index contributed by atoms with van der Waals surface area (Å²) in [6.45, 7) is 2.65. The molecule has 0 rings (SSSR count). The first-order chi connectivity index (χ1) is 6.27. The van der Waals surface area contributed by atoms with Crippen LogP contribution >= 0.6 is 0 Å². The van der Waals surface area contributed by atoms with Gasteiger partial charge in [0.2, 0.25) is 0 Å². The molecule has 76 valence electrons. The minimum Gasteiger partial charge on any atom is -0.462 e. The smallest absolute Gasteiger partial charge is 0.302 e. The van der Waals surface area contributed by atoms with Crippen molar-refractivity contribution in [1.82, 2.24) is 0 Å². The summed E-state index contributed by atoms with van der Waals surface area (Å²) in [5, 5.41) is 0. The highest BCUT2D eigenvalue weighted by atomic mass is 16.7. The zero-order valence-electron chi connectivity index (χ0n) is 8.12. The molecule has 4 heteroatoms. The first-order valence-electron chi connectivity index (χ1n) is 4.12. The lowest BCUT2D eigenvalue weighted by Crippen LogP contribution is -1.98. The van der Waals surface area contributed by atoms with Gasteiger partial charge < -0.3 is 14.2 Å². The minimum absolute atomic E-state index is 0.264. The summed E-state index contributed by atoms with van der Waals surface area (Å²) in [6.07, 6.45) is 4.49. The average Bonchev–Trinajstić information content (AvgIpc) is 2.09. The third kappa shape index (κ3) is 11.1. The maximum absolute atomic E-state index is 10.3. The summed E-state index contributed by atoms with van der Waals surface area (Å²) in [7, 11) is 1.58. The molecule has 0 aliphatic rings. The molecule has 0 saturated carbocycles. The van der Waals surface area contributed by atoms with Crippen LogP contribution in [0.5, 0.6) is 0 Å². The summed E-state index contributed by atoms with van der Waals surface area (Å²) in [4.78, 5) is 10.3. The van der Waals surface area contributed by atoms with Crippen LogP contribution in [-0.4, -0.2) is 33.1 Å². The van der Waals surface area contributed by atoms with Crippen LogP contribution in [0.3, 0.4) is 0 Å². The average molecular weight is 188 g/mol. The minimum atomic E-state index is -0.264. The van der Waals surface area contributed by atoms with Gasteiger partial charge in [-0.15, -0.1) is 0 Å². The largest absolute Gasteiger partial charge is 0.462 e. The monoisotopic (exact) mass is 188 g/mol. The standard InChI is InChI=1S/C9H16O4/c1-9(10)13-7-5-3-4-6-12-8-11-2/h3,5H,4,6-8H2,1-2H3/b5-3+. The molecule has 0 bridgehead atoms. The molecule has 0 atom stereocenters. The quantitative estimate of drug-likeness (QED) is 0.260. The van der Waals surface area contributed by atoms with Gasteiger partial charge in [0.1, 0.15) is 13.4 Å². The van der Waals surface area contributed by atoms with Gasteiger partial charge in [-0.05, 0) is 6.42 Å². The maximum atomic E-state index is 10.3. The van der Waals surface area contributed by atoms with Gasteiger partial charge in [-0.25, -0.2) is 0 Å². The highest BCUT2D eigenvalue weighted by Crippen LogP contribution is 1.86. The van der Waals surface area contributed by atoms with E-state index in [9.17, 15) is 4.79 Å². The molecular weight excluding hydrogens is 172 g/mol. The Bertz CT molecular complexity index is 154. The summed E-state index contributed by atoms with van der Waals surface area (Å²) >= 11 is 0. The molecule has 0 aliphatic carbocycles. The molecule has 0 unspecified atom stereocenters. The van der Waals surface area contributed by atoms with E-state index in [4.69, 9.17) is 4.74 Å². The third-order valence-corrected chi connectivity index (χ3v) is 1.18. The molecule has 4 nitrogen and oxygen atoms in total. The SMILES string of the molecule is COCOCC/C=C/COC(C)=O. The van der Waals surface area contributed by atoms with Gasteiger partial charge in [0.25, 0.3) is 0 Å². The second-order valence-electron chi connectivity index (χ2n) is 2.38. The van der Waals surface area contributed by atoms with Crippen LogP contribution in [0.1, 0.15) is 13.3 Å². The van der Waals surface area contributed by atoms with Crippen LogP contribution in [0.15, 0.2) is 12.2 Å². The van der Waals surface area contributed by atoms with Gasteiger partial charge >= 0.3 is 5.97 Å². The van der Waals surface area contributed by atoms with E-state index < -0.39 is 0 Å². The van der Waals surface area contributed by atoms with Crippen molar-refractivity contribution in [2.45, 2.75) is 13.3 Å². The van der Waals surface area contributed by atoms with Crippen molar-refractivity contribution in [3.05, 3.63) is 12.2 Å². The zero-order chi connectivity index (χ0) is 9.94. The van der Waals surface area contributed by atoms with Gasteiger partial charge in [-0.2, -0.15) is 0 Å². The molecular formula is C9H16O4. The normalized spacial score (nSPS) is 10.6. The molecule has 0 saturated heterocycles. The number of carbonyl (C=O) groups excluding carboxylic acids is 1. The predicted molar refractivity (Wildman–Crippen MR) is 48.2 cm³/mol. The Morgan fingerprint density at radius 2 is 2.15 bits per heavy atom. The fourth-order valence-electron chi connectivity index (χ4n) is 0.645. The van der Waals surface area contributed by atoms with Crippen LogP contribution in [0.25, 0.3) is 0 Å². The number of hydrogen-bond acceptors (Lipinski definition) is 4. The van der Waals surface area contributed by atoms with Crippen molar-refractivity contribution >= 4 is 5.97 Å². The molecule has 0 amide bonds. The Labute approximate surface area is 78.5 Å². The number of carbonyl (C=O) groups is 1. The molecule has 0 radical (unpaired) electrons. The number of esters is 1. The van der Waals surface area contributed by atoms with Crippen LogP contribution in [-0.2, 0) is 19.0 Å². The molecule has 0 spiro atoms. The predicted octanol–water partition coefficient (Wildman–Crippen LogP) is 1.12. The van der Waals surface area contributed by atoms with E-state index in [0.717, 1.165) is 6.42 Å². The first-order valence-corrected chi connectivity index (χ1v) is 4.12. The second kappa shape index (κ2) is 9.22. The Morgan fingerprint density at radius 3 is 2.77 bits per heavy atom. The molecule has 0 heterocycles. The van der Waals surface area contributed by atoms with Crippen molar-refractivity contribution in [2.75, 3.05) is 27.1 Å². The van der Waals surface area contributed by atoms with E-state index in [2.05, 4.69) is 9.47 Å². The lowest BCUT2D eigenvalue weighted by atomic mass is 10.4. The van der Waals surface area contributed by atoms with Crippen LogP contribution in [0.4, 0.5) is 0 Å². The highest BCUT2D eigenvalue weighted by Gasteiger charge is 1.86. The Kier molecular flexibility index (Phi) is 8.60. The Balaban J connectivity index is 3.08. The van der Waals surface area contributed by atoms with Crippen molar-refractivity contribution < 1.29 is 19.0 Å². The van der Waals surface area contributed by atoms with Gasteiger partial charge in [0.05, 0.1) is 6.61 Å². The number of rotatable bonds is 7. The van der Waals surface area contributed by atoms with Crippen LogP contribution < -0.4 is 0 Å². The molecule has 0 fully saturated rings. The van der Waals surface area contributed by atoms with Crippen molar-refractivity contribution in [2.24, 2.45) is 0 Å². The molecule has 0 aromatic heterocycles. The molecule has 0 N–H and O–H groups in total. The van der Waals surface area contributed by atoms with E-state index in [-0.39, 0.29) is 5.97 Å². The van der Waals surface area contributed by atoms with E-state index in [1.807, 2.05) is 6.08 Å². The fourth-order valence-corrected chi connectivity index (χ4v) is 0.645. The summed E-state index contributed by atoms with van der Waals surface area (Å²) in [5.74, 6) is -0.264. The maximum Gasteiger partial charge on any atom is 0.302 e. The molecule has 13 heavy (non-hydrogen) atoms. The summed E-state index contributed by atoms with van der Waals surface area (Å²) in [5.41, 5.74) is 0. The van der Waals surface area contributed by atoms with E-state index >= 15 is 0 Å². The van der Waals surface area contributed by atoms with Gasteiger partial charge in [0, 0.05) is 14.0 Å². The lowest BCUT2D eigenvalue weighted by molar-refractivity contribution is -0.139. The Morgan fingerprint density at radius 1 is 1.38 bits per heavy atom. The van der Waals surface area contributed by atoms with Crippen molar-refractivity contribution in [3.8, 4) is 0 Å².